The average molecular weight is 358 g/mol. The summed E-state index contributed by atoms with van der Waals surface area (Å²) in [6.07, 6.45) is 1.14. The number of thiophene rings is 1. The second-order valence-electron chi connectivity index (χ2n) is 5.35. The summed E-state index contributed by atoms with van der Waals surface area (Å²) < 4.78 is 0. The van der Waals surface area contributed by atoms with Crippen LogP contribution in [0.1, 0.15) is 48.0 Å². The van der Waals surface area contributed by atoms with E-state index in [1.165, 1.54) is 16.0 Å². The zero-order valence-corrected chi connectivity index (χ0v) is 14.6. The molecule has 2 rings (SSSR count). The molecule has 2 aromatic rings. The van der Waals surface area contributed by atoms with Crippen LogP contribution in [-0.4, -0.2) is 0 Å². The van der Waals surface area contributed by atoms with Crippen molar-refractivity contribution in [2.75, 3.05) is 0 Å². The van der Waals surface area contributed by atoms with Gasteiger partial charge in [0.15, 0.2) is 0 Å². The van der Waals surface area contributed by atoms with E-state index in [-0.39, 0.29) is 10.2 Å². The highest BCUT2D eigenvalue weighted by Gasteiger charge is 2.19. The largest absolute Gasteiger partial charge is 0.146 e. The van der Waals surface area contributed by atoms with Gasteiger partial charge in [-0.15, -0.1) is 11.3 Å². The second-order valence-corrected chi connectivity index (χ2v) is 7.63. The number of hydrogen-bond acceptors (Lipinski definition) is 1. The standard InChI is InChI=1S/C16H18BrClS/c1-4-16(2,3)12-7-5-11(6-8-12)14(17)15-13(18)9-10-19-15/h5-10,14H,4H2,1-3H3. The number of rotatable bonds is 4. The zero-order chi connectivity index (χ0) is 14.0. The van der Waals surface area contributed by atoms with Crippen LogP contribution in [0.25, 0.3) is 0 Å². The molecule has 0 amide bonds. The summed E-state index contributed by atoms with van der Waals surface area (Å²) in [5.41, 5.74) is 2.87. The molecule has 0 N–H and O–H groups in total. The lowest BCUT2D eigenvalue weighted by molar-refractivity contribution is 0.506. The zero-order valence-electron chi connectivity index (χ0n) is 11.4. The molecule has 0 spiro atoms. The fraction of sp³-hybridized carbons (Fsp3) is 0.375. The van der Waals surface area contributed by atoms with E-state index in [1.807, 2.05) is 11.4 Å². The molecule has 0 fully saturated rings. The first-order valence-electron chi connectivity index (χ1n) is 6.43. The van der Waals surface area contributed by atoms with Gasteiger partial charge in [-0.1, -0.05) is 72.6 Å². The maximum absolute atomic E-state index is 6.19. The van der Waals surface area contributed by atoms with E-state index in [1.54, 1.807) is 11.3 Å². The molecular weight excluding hydrogens is 340 g/mol. The molecule has 19 heavy (non-hydrogen) atoms. The van der Waals surface area contributed by atoms with E-state index >= 15 is 0 Å². The topological polar surface area (TPSA) is 0 Å². The lowest BCUT2D eigenvalue weighted by Gasteiger charge is -2.23. The van der Waals surface area contributed by atoms with E-state index in [0.717, 1.165) is 11.4 Å². The third kappa shape index (κ3) is 3.24. The summed E-state index contributed by atoms with van der Waals surface area (Å²) in [7, 11) is 0. The smallest absolute Gasteiger partial charge is 0.0753 e. The Morgan fingerprint density at radius 3 is 2.32 bits per heavy atom. The highest BCUT2D eigenvalue weighted by molar-refractivity contribution is 9.09. The highest BCUT2D eigenvalue weighted by Crippen LogP contribution is 2.39. The summed E-state index contributed by atoms with van der Waals surface area (Å²) in [5.74, 6) is 0. The number of hydrogen-bond donors (Lipinski definition) is 0. The van der Waals surface area contributed by atoms with Gasteiger partial charge in [-0.2, -0.15) is 0 Å². The number of halogens is 2. The minimum Gasteiger partial charge on any atom is -0.146 e. The monoisotopic (exact) mass is 356 g/mol. The van der Waals surface area contributed by atoms with Gasteiger partial charge in [-0.25, -0.2) is 0 Å². The van der Waals surface area contributed by atoms with Crippen LogP contribution in [0, 0.1) is 0 Å². The van der Waals surface area contributed by atoms with Gasteiger partial charge >= 0.3 is 0 Å². The molecule has 1 aromatic heterocycles. The lowest BCUT2D eigenvalue weighted by Crippen LogP contribution is -2.15. The van der Waals surface area contributed by atoms with Crippen LogP contribution in [0.5, 0.6) is 0 Å². The molecule has 1 heterocycles. The van der Waals surface area contributed by atoms with E-state index < -0.39 is 0 Å². The van der Waals surface area contributed by atoms with Crippen LogP contribution in [0.4, 0.5) is 0 Å². The Kier molecular flexibility index (Phi) is 4.75. The van der Waals surface area contributed by atoms with Gasteiger partial charge in [0.05, 0.1) is 9.85 Å². The fourth-order valence-electron chi connectivity index (χ4n) is 1.95. The Morgan fingerprint density at radius 1 is 1.21 bits per heavy atom. The Bertz CT molecular complexity index is 542. The maximum atomic E-state index is 6.19. The predicted octanol–water partition coefficient (Wildman–Crippen LogP) is 6.57. The molecule has 0 bridgehead atoms. The highest BCUT2D eigenvalue weighted by atomic mass is 79.9. The van der Waals surface area contributed by atoms with Crippen LogP contribution in [0.15, 0.2) is 35.7 Å². The van der Waals surface area contributed by atoms with Crippen molar-refractivity contribution >= 4 is 38.9 Å². The Morgan fingerprint density at radius 2 is 1.84 bits per heavy atom. The van der Waals surface area contributed by atoms with Crippen molar-refractivity contribution in [1.82, 2.24) is 0 Å². The Labute approximate surface area is 132 Å². The number of benzene rings is 1. The Balaban J connectivity index is 2.26. The SMILES string of the molecule is CCC(C)(C)c1ccc(C(Br)c2sccc2Cl)cc1. The van der Waals surface area contributed by atoms with Gasteiger partial charge in [-0.05, 0) is 34.4 Å². The molecule has 0 radical (unpaired) electrons. The van der Waals surface area contributed by atoms with Gasteiger partial charge in [0, 0.05) is 4.88 Å². The molecule has 0 saturated heterocycles. The lowest BCUT2D eigenvalue weighted by atomic mass is 9.82. The fourth-order valence-corrected chi connectivity index (χ4v) is 4.12. The van der Waals surface area contributed by atoms with Crippen molar-refractivity contribution in [2.45, 2.75) is 37.4 Å². The van der Waals surface area contributed by atoms with Crippen LogP contribution >= 0.6 is 38.9 Å². The first-order chi connectivity index (χ1) is 8.95. The van der Waals surface area contributed by atoms with Crippen molar-refractivity contribution < 1.29 is 0 Å². The molecule has 1 aromatic carbocycles. The molecule has 1 atom stereocenters. The number of alkyl halides is 1. The second kappa shape index (κ2) is 5.99. The van der Waals surface area contributed by atoms with Crippen molar-refractivity contribution in [1.29, 1.82) is 0 Å². The molecule has 1 unspecified atom stereocenters. The minimum absolute atomic E-state index is 0.179. The molecule has 0 aliphatic rings. The van der Waals surface area contributed by atoms with Crippen LogP contribution in [-0.2, 0) is 5.41 Å². The van der Waals surface area contributed by atoms with E-state index in [4.69, 9.17) is 11.6 Å². The molecule has 102 valence electrons. The van der Waals surface area contributed by atoms with Crippen molar-refractivity contribution in [3.8, 4) is 0 Å². The van der Waals surface area contributed by atoms with Gasteiger partial charge in [0.1, 0.15) is 0 Å². The molecule has 3 heteroatoms. The first kappa shape index (κ1) is 15.1. The predicted molar refractivity (Wildman–Crippen MR) is 89.9 cm³/mol. The normalized spacial score (nSPS) is 13.5. The van der Waals surface area contributed by atoms with Crippen molar-refractivity contribution in [3.05, 3.63) is 56.7 Å². The van der Waals surface area contributed by atoms with Crippen LogP contribution in [0.2, 0.25) is 5.02 Å². The molecule has 0 nitrogen and oxygen atoms in total. The maximum Gasteiger partial charge on any atom is 0.0753 e. The van der Waals surface area contributed by atoms with E-state index in [2.05, 4.69) is 61.0 Å². The van der Waals surface area contributed by atoms with Crippen molar-refractivity contribution in [3.63, 3.8) is 0 Å². The molecule has 0 aliphatic heterocycles. The van der Waals surface area contributed by atoms with Gasteiger partial charge < -0.3 is 0 Å². The summed E-state index contributed by atoms with van der Waals surface area (Å²) in [6, 6.07) is 10.8. The summed E-state index contributed by atoms with van der Waals surface area (Å²) in [6.45, 7) is 6.79. The van der Waals surface area contributed by atoms with E-state index in [0.29, 0.717) is 0 Å². The summed E-state index contributed by atoms with van der Waals surface area (Å²) in [4.78, 5) is 1.35. The van der Waals surface area contributed by atoms with Gasteiger partial charge in [0.2, 0.25) is 0 Å². The van der Waals surface area contributed by atoms with Gasteiger partial charge in [-0.3, -0.25) is 0 Å². The van der Waals surface area contributed by atoms with E-state index in [9.17, 15) is 0 Å². The molecule has 0 aliphatic carbocycles. The van der Waals surface area contributed by atoms with Crippen LogP contribution < -0.4 is 0 Å². The van der Waals surface area contributed by atoms with Crippen molar-refractivity contribution in [2.24, 2.45) is 0 Å². The third-order valence-corrected chi connectivity index (χ3v) is 6.46. The summed E-state index contributed by atoms with van der Waals surface area (Å²) in [5, 5.41) is 2.87. The first-order valence-corrected chi connectivity index (χ1v) is 8.60. The Hall–Kier alpha value is -0.310. The third-order valence-electron chi connectivity index (χ3n) is 3.74. The molecular formula is C16H18BrClS. The van der Waals surface area contributed by atoms with Gasteiger partial charge in [0.25, 0.3) is 0 Å². The average Bonchev–Trinajstić information content (AvgIpc) is 2.84. The summed E-state index contributed by atoms with van der Waals surface area (Å²) >= 11 is 11.6. The minimum atomic E-state index is 0.179. The van der Waals surface area contributed by atoms with Crippen LogP contribution in [0.3, 0.4) is 0 Å². The molecule has 0 saturated carbocycles. The quantitative estimate of drug-likeness (QED) is 0.542.